The number of hydrogen-bond donors (Lipinski definition) is 2. The zero-order valence-electron chi connectivity index (χ0n) is 17.3. The summed E-state index contributed by atoms with van der Waals surface area (Å²) in [6, 6.07) is 3.65. The van der Waals surface area contributed by atoms with Crippen LogP contribution < -0.4 is 10.1 Å². The van der Waals surface area contributed by atoms with E-state index in [9.17, 15) is 4.79 Å². The highest BCUT2D eigenvalue weighted by molar-refractivity contribution is 5.81. The van der Waals surface area contributed by atoms with E-state index < -0.39 is 11.7 Å². The van der Waals surface area contributed by atoms with Crippen LogP contribution in [0.5, 0.6) is 5.75 Å². The van der Waals surface area contributed by atoms with Crippen molar-refractivity contribution in [1.82, 2.24) is 15.3 Å². The number of benzene rings is 1. The van der Waals surface area contributed by atoms with Crippen LogP contribution in [0.2, 0.25) is 0 Å². The van der Waals surface area contributed by atoms with Gasteiger partial charge in [0.1, 0.15) is 17.2 Å². The fourth-order valence-electron chi connectivity index (χ4n) is 3.84. The van der Waals surface area contributed by atoms with Crippen LogP contribution in [-0.4, -0.2) is 28.8 Å². The van der Waals surface area contributed by atoms with Gasteiger partial charge in [0.25, 0.3) is 0 Å². The maximum atomic E-state index is 12.4. The largest absolute Gasteiger partial charge is 0.496 e. The van der Waals surface area contributed by atoms with Crippen molar-refractivity contribution in [2.45, 2.75) is 64.5 Å². The number of methoxy groups -OCH3 is 1. The molecule has 1 aromatic heterocycles. The van der Waals surface area contributed by atoms with Crippen LogP contribution in [-0.2, 0) is 4.74 Å². The monoisotopic (exact) mass is 385 g/mol. The van der Waals surface area contributed by atoms with Gasteiger partial charge in [0.2, 0.25) is 0 Å². The summed E-state index contributed by atoms with van der Waals surface area (Å²) in [6.07, 6.45) is 7.09. The highest BCUT2D eigenvalue weighted by Crippen LogP contribution is 2.34. The number of imidazole rings is 1. The number of aromatic amines is 1. The zero-order valence-corrected chi connectivity index (χ0v) is 17.3. The molecule has 152 valence electrons. The summed E-state index contributed by atoms with van der Waals surface area (Å²) in [6.45, 7) is 9.43. The number of carbonyl (C=O) groups is 1. The third kappa shape index (κ3) is 4.86. The summed E-state index contributed by atoms with van der Waals surface area (Å²) in [5.41, 5.74) is 2.06. The molecule has 6 heteroatoms. The minimum atomic E-state index is -0.540. The van der Waals surface area contributed by atoms with Gasteiger partial charge in [-0.1, -0.05) is 38.3 Å². The van der Waals surface area contributed by atoms with E-state index in [0.717, 1.165) is 34.6 Å². The molecular formula is C22H31N3O3. The molecule has 1 heterocycles. The van der Waals surface area contributed by atoms with Crippen molar-refractivity contribution in [1.29, 1.82) is 0 Å². The molecule has 2 aromatic rings. The SMILES string of the molecule is C=Cc1cc2[nH]c(C(CC3CCCC3)NC(=O)OC(C)(C)C)nc2cc1OC. The summed E-state index contributed by atoms with van der Waals surface area (Å²) in [7, 11) is 1.63. The minimum absolute atomic E-state index is 0.219. The van der Waals surface area contributed by atoms with Crippen LogP contribution in [0, 0.1) is 5.92 Å². The summed E-state index contributed by atoms with van der Waals surface area (Å²) < 4.78 is 10.9. The number of aromatic nitrogens is 2. The molecule has 1 unspecified atom stereocenters. The third-order valence-electron chi connectivity index (χ3n) is 5.14. The quantitative estimate of drug-likeness (QED) is 0.702. The predicted octanol–water partition coefficient (Wildman–Crippen LogP) is 5.36. The number of fused-ring (bicyclic) bond motifs is 1. The number of rotatable bonds is 6. The summed E-state index contributed by atoms with van der Waals surface area (Å²) in [5.74, 6) is 2.07. The molecular weight excluding hydrogens is 354 g/mol. The van der Waals surface area contributed by atoms with Gasteiger partial charge in [0.15, 0.2) is 0 Å². The normalized spacial score (nSPS) is 16.1. The molecule has 0 spiro atoms. The molecule has 6 nitrogen and oxygen atoms in total. The van der Waals surface area contributed by atoms with Crippen molar-refractivity contribution >= 4 is 23.2 Å². The van der Waals surface area contributed by atoms with Gasteiger partial charge in [-0.05, 0) is 39.2 Å². The molecule has 2 N–H and O–H groups in total. The van der Waals surface area contributed by atoms with Gasteiger partial charge in [-0.3, -0.25) is 0 Å². The number of nitrogens with one attached hydrogen (secondary N) is 2. The molecule has 1 amide bonds. The molecule has 3 rings (SSSR count). The van der Waals surface area contributed by atoms with Crippen LogP contribution >= 0.6 is 0 Å². The van der Waals surface area contributed by atoms with Gasteiger partial charge in [0.05, 0.1) is 24.2 Å². The van der Waals surface area contributed by atoms with Crippen molar-refractivity contribution < 1.29 is 14.3 Å². The summed E-state index contributed by atoms with van der Waals surface area (Å²) in [4.78, 5) is 20.6. The Labute approximate surface area is 166 Å². The highest BCUT2D eigenvalue weighted by Gasteiger charge is 2.27. The van der Waals surface area contributed by atoms with Crippen molar-refractivity contribution in [3.63, 3.8) is 0 Å². The van der Waals surface area contributed by atoms with E-state index in [2.05, 4.69) is 16.9 Å². The zero-order chi connectivity index (χ0) is 20.3. The summed E-state index contributed by atoms with van der Waals surface area (Å²) >= 11 is 0. The number of amides is 1. The average Bonchev–Trinajstić information content (AvgIpc) is 3.27. The topological polar surface area (TPSA) is 76.2 Å². The second-order valence-electron chi connectivity index (χ2n) is 8.52. The van der Waals surface area contributed by atoms with Crippen molar-refractivity contribution in [3.8, 4) is 5.75 Å². The molecule has 0 bridgehead atoms. The van der Waals surface area contributed by atoms with Crippen LogP contribution in [0.25, 0.3) is 17.1 Å². The lowest BCUT2D eigenvalue weighted by Gasteiger charge is -2.24. The molecule has 1 fully saturated rings. The van der Waals surface area contributed by atoms with Crippen LogP contribution in [0.4, 0.5) is 4.79 Å². The molecule has 1 atom stereocenters. The molecule has 0 radical (unpaired) electrons. The lowest BCUT2D eigenvalue weighted by molar-refractivity contribution is 0.0494. The lowest BCUT2D eigenvalue weighted by Crippen LogP contribution is -2.36. The molecule has 0 aliphatic heterocycles. The van der Waals surface area contributed by atoms with E-state index in [4.69, 9.17) is 14.5 Å². The Hall–Kier alpha value is -2.50. The maximum absolute atomic E-state index is 12.4. The van der Waals surface area contributed by atoms with Crippen molar-refractivity contribution in [2.24, 2.45) is 5.92 Å². The van der Waals surface area contributed by atoms with E-state index in [0.29, 0.717) is 5.92 Å². The fraction of sp³-hybridized carbons (Fsp3) is 0.545. The number of alkyl carbamates (subject to hydrolysis) is 1. The van der Waals surface area contributed by atoms with Gasteiger partial charge in [-0.25, -0.2) is 9.78 Å². The van der Waals surface area contributed by atoms with Gasteiger partial charge in [0, 0.05) is 11.6 Å². The smallest absolute Gasteiger partial charge is 0.408 e. The lowest BCUT2D eigenvalue weighted by atomic mass is 9.98. The predicted molar refractivity (Wildman–Crippen MR) is 111 cm³/mol. The molecule has 1 aliphatic rings. The second kappa shape index (κ2) is 8.25. The van der Waals surface area contributed by atoms with Gasteiger partial charge < -0.3 is 19.8 Å². The first-order valence-electron chi connectivity index (χ1n) is 9.98. The van der Waals surface area contributed by atoms with E-state index in [1.54, 1.807) is 13.2 Å². The van der Waals surface area contributed by atoms with Crippen molar-refractivity contribution in [3.05, 3.63) is 30.1 Å². The Kier molecular flexibility index (Phi) is 5.96. The third-order valence-corrected chi connectivity index (χ3v) is 5.14. The average molecular weight is 386 g/mol. The Balaban J connectivity index is 1.89. The molecule has 1 aliphatic carbocycles. The first kappa shape index (κ1) is 20.2. The van der Waals surface area contributed by atoms with Crippen molar-refractivity contribution in [2.75, 3.05) is 7.11 Å². The summed E-state index contributed by atoms with van der Waals surface area (Å²) in [5, 5.41) is 3.03. The van der Waals surface area contributed by atoms with Gasteiger partial charge in [-0.15, -0.1) is 0 Å². The molecule has 0 saturated heterocycles. The van der Waals surface area contributed by atoms with E-state index in [1.165, 1.54) is 25.7 Å². The van der Waals surface area contributed by atoms with Crippen LogP contribution in [0.15, 0.2) is 18.7 Å². The van der Waals surface area contributed by atoms with Crippen LogP contribution in [0.1, 0.15) is 70.3 Å². The van der Waals surface area contributed by atoms with Crippen LogP contribution in [0.3, 0.4) is 0 Å². The Morgan fingerprint density at radius 2 is 2.11 bits per heavy atom. The Morgan fingerprint density at radius 3 is 2.71 bits per heavy atom. The number of hydrogen-bond acceptors (Lipinski definition) is 4. The van der Waals surface area contributed by atoms with Gasteiger partial charge in [-0.2, -0.15) is 0 Å². The highest BCUT2D eigenvalue weighted by atomic mass is 16.6. The molecule has 1 saturated carbocycles. The number of ether oxygens (including phenoxy) is 2. The minimum Gasteiger partial charge on any atom is -0.496 e. The fourth-order valence-corrected chi connectivity index (χ4v) is 3.84. The van der Waals surface area contributed by atoms with E-state index in [1.807, 2.05) is 32.9 Å². The van der Waals surface area contributed by atoms with E-state index >= 15 is 0 Å². The standard InChI is InChI=1S/C22H31N3O3/c1-6-15-12-16-17(13-19(15)27-5)24-20(23-16)18(11-14-9-7-8-10-14)25-21(26)28-22(2,3)4/h6,12-14,18H,1,7-11H2,2-5H3,(H,23,24)(H,25,26). The molecule has 1 aromatic carbocycles. The second-order valence-corrected chi connectivity index (χ2v) is 8.52. The Bertz CT molecular complexity index is 845. The van der Waals surface area contributed by atoms with E-state index in [-0.39, 0.29) is 6.04 Å². The van der Waals surface area contributed by atoms with Gasteiger partial charge >= 0.3 is 6.09 Å². The first-order valence-corrected chi connectivity index (χ1v) is 9.98. The molecule has 28 heavy (non-hydrogen) atoms. The Morgan fingerprint density at radius 1 is 1.39 bits per heavy atom. The number of carbonyl (C=O) groups excluding carboxylic acids is 1. The number of H-pyrrole nitrogens is 1. The number of nitrogens with zero attached hydrogens (tertiary/aromatic N) is 1. The first-order chi connectivity index (χ1) is 13.3. The maximum Gasteiger partial charge on any atom is 0.408 e.